The Morgan fingerprint density at radius 1 is 1.27 bits per heavy atom. The summed E-state index contributed by atoms with van der Waals surface area (Å²) in [4.78, 5) is 17.1. The summed E-state index contributed by atoms with van der Waals surface area (Å²) in [5.41, 5.74) is 1.82. The molecule has 4 aromatic rings. The molecule has 4 rings (SSSR count). The summed E-state index contributed by atoms with van der Waals surface area (Å²) < 4.78 is 30.9. The van der Waals surface area contributed by atoms with Gasteiger partial charge in [-0.3, -0.25) is 4.79 Å². The van der Waals surface area contributed by atoms with Crippen molar-refractivity contribution in [3.63, 3.8) is 0 Å². The van der Waals surface area contributed by atoms with Crippen LogP contribution < -0.4 is 5.32 Å². The quantitative estimate of drug-likeness (QED) is 0.489. The number of fused-ring (bicyclic) bond motifs is 2. The van der Waals surface area contributed by atoms with E-state index in [9.17, 15) is 13.6 Å². The Kier molecular flexibility index (Phi) is 4.56. The van der Waals surface area contributed by atoms with E-state index in [0.717, 1.165) is 10.1 Å². The third-order valence-corrected chi connectivity index (χ3v) is 5.25. The van der Waals surface area contributed by atoms with E-state index in [0.29, 0.717) is 38.6 Å². The number of halogens is 2. The summed E-state index contributed by atoms with van der Waals surface area (Å²) in [5.74, 6) is -2.75. The Bertz CT molecular complexity index is 1090. The lowest BCUT2D eigenvalue weighted by Crippen LogP contribution is -2.14. The number of hydrogen-bond donors (Lipinski definition) is 1. The molecule has 2 aromatic heterocycles. The Balaban J connectivity index is 1.50. The standard InChI is InChI=1S/C17H11F2N3O2S2/c18-16(19)25-9-5-6-11-14(7-9)26-17(20-11)21-15(23)8-12-10-3-1-2-4-13(10)24-22-12/h1-7,16H,8H2,(H,20,21,23). The van der Waals surface area contributed by atoms with Crippen LogP contribution in [0.1, 0.15) is 5.69 Å². The number of anilines is 1. The number of thioether (sulfide) groups is 1. The first-order valence-electron chi connectivity index (χ1n) is 7.57. The van der Waals surface area contributed by atoms with Gasteiger partial charge >= 0.3 is 0 Å². The molecule has 2 aromatic carbocycles. The van der Waals surface area contributed by atoms with Gasteiger partial charge in [0.25, 0.3) is 5.76 Å². The van der Waals surface area contributed by atoms with Gasteiger partial charge < -0.3 is 9.84 Å². The second kappa shape index (κ2) is 7.00. The topological polar surface area (TPSA) is 68.0 Å². The van der Waals surface area contributed by atoms with Gasteiger partial charge in [0, 0.05) is 10.3 Å². The van der Waals surface area contributed by atoms with Crippen molar-refractivity contribution in [2.24, 2.45) is 0 Å². The van der Waals surface area contributed by atoms with Crippen LogP contribution in [0.2, 0.25) is 0 Å². The van der Waals surface area contributed by atoms with Crippen molar-refractivity contribution in [1.82, 2.24) is 10.1 Å². The van der Waals surface area contributed by atoms with Crippen molar-refractivity contribution < 1.29 is 18.1 Å². The third kappa shape index (κ3) is 3.54. The average Bonchev–Trinajstić information content (AvgIpc) is 3.18. The summed E-state index contributed by atoms with van der Waals surface area (Å²) in [6.45, 7) is 0. The SMILES string of the molecule is O=C(Cc1noc2ccccc12)Nc1nc2ccc(SC(F)F)cc2s1. The maximum absolute atomic E-state index is 12.5. The molecule has 9 heteroatoms. The molecule has 132 valence electrons. The molecule has 0 aliphatic carbocycles. The van der Waals surface area contributed by atoms with Crippen LogP contribution in [0.4, 0.5) is 13.9 Å². The van der Waals surface area contributed by atoms with Crippen molar-refractivity contribution in [2.75, 3.05) is 5.32 Å². The highest BCUT2D eigenvalue weighted by Crippen LogP contribution is 2.32. The van der Waals surface area contributed by atoms with E-state index >= 15 is 0 Å². The Labute approximate surface area is 154 Å². The van der Waals surface area contributed by atoms with Crippen molar-refractivity contribution in [3.8, 4) is 0 Å². The zero-order valence-corrected chi connectivity index (χ0v) is 14.7. The Morgan fingerprint density at radius 2 is 2.12 bits per heavy atom. The minimum Gasteiger partial charge on any atom is -0.356 e. The van der Waals surface area contributed by atoms with Crippen molar-refractivity contribution >= 4 is 55.3 Å². The third-order valence-electron chi connectivity index (χ3n) is 3.61. The van der Waals surface area contributed by atoms with Crippen LogP contribution >= 0.6 is 23.1 Å². The highest BCUT2D eigenvalue weighted by molar-refractivity contribution is 7.99. The minimum atomic E-state index is -2.48. The zero-order chi connectivity index (χ0) is 18.1. The fraction of sp³-hybridized carbons (Fsp3) is 0.118. The van der Waals surface area contributed by atoms with Crippen LogP contribution in [-0.4, -0.2) is 21.8 Å². The van der Waals surface area contributed by atoms with Gasteiger partial charge in [-0.1, -0.05) is 40.4 Å². The fourth-order valence-electron chi connectivity index (χ4n) is 2.52. The first kappa shape index (κ1) is 16.9. The van der Waals surface area contributed by atoms with Crippen LogP contribution in [-0.2, 0) is 11.2 Å². The molecule has 0 atom stereocenters. The molecule has 26 heavy (non-hydrogen) atoms. The van der Waals surface area contributed by atoms with E-state index in [1.54, 1.807) is 24.3 Å². The van der Waals surface area contributed by atoms with Gasteiger partial charge in [-0.25, -0.2) is 4.98 Å². The molecular formula is C17H11F2N3O2S2. The number of amides is 1. The van der Waals surface area contributed by atoms with Crippen molar-refractivity contribution in [2.45, 2.75) is 17.1 Å². The number of carbonyl (C=O) groups excluding carboxylic acids is 1. The molecule has 0 unspecified atom stereocenters. The summed E-state index contributed by atoms with van der Waals surface area (Å²) in [7, 11) is 0. The maximum Gasteiger partial charge on any atom is 0.288 e. The highest BCUT2D eigenvalue weighted by Gasteiger charge is 2.14. The molecule has 5 nitrogen and oxygen atoms in total. The van der Waals surface area contributed by atoms with Crippen LogP contribution in [0.25, 0.3) is 21.2 Å². The lowest BCUT2D eigenvalue weighted by atomic mass is 10.2. The van der Waals surface area contributed by atoms with E-state index in [2.05, 4.69) is 15.5 Å². The normalized spacial score (nSPS) is 11.5. The number of nitrogens with one attached hydrogen (secondary N) is 1. The average molecular weight is 391 g/mol. The Morgan fingerprint density at radius 3 is 2.96 bits per heavy atom. The summed E-state index contributed by atoms with van der Waals surface area (Å²) in [5, 5.41) is 7.86. The molecule has 0 aliphatic rings. The predicted molar refractivity (Wildman–Crippen MR) is 97.8 cm³/mol. The van der Waals surface area contributed by atoms with Crippen LogP contribution in [0.15, 0.2) is 51.9 Å². The van der Waals surface area contributed by atoms with Gasteiger partial charge in [-0.15, -0.1) is 0 Å². The van der Waals surface area contributed by atoms with Crippen molar-refractivity contribution in [3.05, 3.63) is 48.2 Å². The number of hydrogen-bond acceptors (Lipinski definition) is 6. The number of benzene rings is 2. The van der Waals surface area contributed by atoms with Crippen LogP contribution in [0.5, 0.6) is 0 Å². The number of carbonyl (C=O) groups is 1. The van der Waals surface area contributed by atoms with Gasteiger partial charge in [0.05, 0.1) is 16.6 Å². The first-order chi connectivity index (χ1) is 12.6. The highest BCUT2D eigenvalue weighted by atomic mass is 32.2. The minimum absolute atomic E-state index is 0.0550. The molecule has 0 saturated heterocycles. The smallest absolute Gasteiger partial charge is 0.288 e. The Hall–Kier alpha value is -2.52. The van der Waals surface area contributed by atoms with Gasteiger partial charge in [-0.2, -0.15) is 8.78 Å². The number of para-hydroxylation sites is 1. The van der Waals surface area contributed by atoms with Gasteiger partial charge in [0.1, 0.15) is 5.69 Å². The molecule has 0 bridgehead atoms. The lowest BCUT2D eigenvalue weighted by Gasteiger charge is -1.98. The summed E-state index contributed by atoms with van der Waals surface area (Å²) in [6, 6.07) is 12.2. The summed E-state index contributed by atoms with van der Waals surface area (Å²) >= 11 is 1.72. The van der Waals surface area contributed by atoms with E-state index in [-0.39, 0.29) is 12.3 Å². The molecule has 0 spiro atoms. The molecule has 1 amide bonds. The van der Waals surface area contributed by atoms with E-state index in [1.165, 1.54) is 11.3 Å². The fourth-order valence-corrected chi connectivity index (χ4v) is 4.05. The molecule has 0 aliphatic heterocycles. The predicted octanol–water partition coefficient (Wildman–Crippen LogP) is 4.93. The van der Waals surface area contributed by atoms with E-state index in [4.69, 9.17) is 4.52 Å². The molecule has 0 saturated carbocycles. The summed E-state index contributed by atoms with van der Waals surface area (Å²) in [6.07, 6.45) is 0.0550. The second-order valence-corrected chi connectivity index (χ2v) is 7.47. The molecule has 1 N–H and O–H groups in total. The lowest BCUT2D eigenvalue weighted by molar-refractivity contribution is -0.115. The van der Waals surface area contributed by atoms with E-state index in [1.807, 2.05) is 18.2 Å². The largest absolute Gasteiger partial charge is 0.356 e. The number of aromatic nitrogens is 2. The van der Waals surface area contributed by atoms with Gasteiger partial charge in [0.15, 0.2) is 10.7 Å². The number of nitrogens with zero attached hydrogens (tertiary/aromatic N) is 2. The number of alkyl halides is 2. The second-order valence-electron chi connectivity index (χ2n) is 5.38. The monoisotopic (exact) mass is 391 g/mol. The maximum atomic E-state index is 12.5. The number of rotatable bonds is 5. The zero-order valence-electron chi connectivity index (χ0n) is 13.1. The molecule has 0 fully saturated rings. The molecule has 0 radical (unpaired) electrons. The van der Waals surface area contributed by atoms with Crippen molar-refractivity contribution in [1.29, 1.82) is 0 Å². The van der Waals surface area contributed by atoms with E-state index < -0.39 is 5.76 Å². The molecule has 2 heterocycles. The van der Waals surface area contributed by atoms with Gasteiger partial charge in [0.2, 0.25) is 5.91 Å². The van der Waals surface area contributed by atoms with Crippen LogP contribution in [0.3, 0.4) is 0 Å². The van der Waals surface area contributed by atoms with Crippen LogP contribution in [0, 0.1) is 0 Å². The van der Waals surface area contributed by atoms with Gasteiger partial charge in [-0.05, 0) is 30.3 Å². The number of thiazole rings is 1. The molecular weight excluding hydrogens is 380 g/mol. The first-order valence-corrected chi connectivity index (χ1v) is 9.26.